The van der Waals surface area contributed by atoms with E-state index in [1.54, 1.807) is 6.92 Å². The molecule has 10 heavy (non-hydrogen) atoms. The number of hydrogen-bond donors (Lipinski definition) is 1. The molecule has 1 rings (SSSR count). The third kappa shape index (κ3) is 1.65. The van der Waals surface area contributed by atoms with Gasteiger partial charge in [0.1, 0.15) is 0 Å². The molecule has 0 heterocycles. The monoisotopic (exact) mass is 148 g/mol. The second-order valence-corrected chi connectivity index (χ2v) is 2.69. The highest BCUT2D eigenvalue weighted by Crippen LogP contribution is 2.39. The van der Waals surface area contributed by atoms with Crippen LogP contribution in [0, 0.1) is 0 Å². The van der Waals surface area contributed by atoms with Gasteiger partial charge < -0.3 is 5.73 Å². The zero-order valence-electron chi connectivity index (χ0n) is 5.77. The number of aliphatic imine (C=N–C) groups is 1. The van der Waals surface area contributed by atoms with Gasteiger partial charge in [-0.05, 0) is 6.92 Å². The number of rotatable bonds is 1. The van der Waals surface area contributed by atoms with Crippen molar-refractivity contribution in [2.75, 3.05) is 0 Å². The van der Waals surface area contributed by atoms with E-state index in [-0.39, 0.29) is 18.9 Å². The number of amidine groups is 1. The fourth-order valence-corrected chi connectivity index (χ4v) is 1.01. The van der Waals surface area contributed by atoms with E-state index in [0.717, 1.165) is 0 Å². The predicted octanol–water partition coefficient (Wildman–Crippen LogP) is 1.16. The average molecular weight is 148 g/mol. The minimum atomic E-state index is -2.48. The molecule has 0 aliphatic heterocycles. The number of nitrogens with zero attached hydrogens (tertiary/aromatic N) is 1. The lowest BCUT2D eigenvalue weighted by Gasteiger charge is -2.31. The third-order valence-electron chi connectivity index (χ3n) is 1.45. The number of halogens is 2. The van der Waals surface area contributed by atoms with Crippen LogP contribution in [0.5, 0.6) is 0 Å². The van der Waals surface area contributed by atoms with E-state index < -0.39 is 5.92 Å². The first-order valence-electron chi connectivity index (χ1n) is 3.17. The smallest absolute Gasteiger partial charge is 0.252 e. The second-order valence-electron chi connectivity index (χ2n) is 2.69. The van der Waals surface area contributed by atoms with Gasteiger partial charge >= 0.3 is 0 Å². The quantitative estimate of drug-likeness (QED) is 0.440. The number of hydrogen-bond acceptors (Lipinski definition) is 1. The minimum absolute atomic E-state index is 0.137. The largest absolute Gasteiger partial charge is 0.388 e. The van der Waals surface area contributed by atoms with Crippen LogP contribution in [-0.2, 0) is 0 Å². The molecule has 1 aliphatic carbocycles. The molecule has 0 aromatic heterocycles. The third-order valence-corrected chi connectivity index (χ3v) is 1.45. The van der Waals surface area contributed by atoms with Crippen molar-refractivity contribution in [1.29, 1.82) is 0 Å². The molecule has 0 radical (unpaired) electrons. The zero-order chi connectivity index (χ0) is 7.78. The van der Waals surface area contributed by atoms with Crippen molar-refractivity contribution in [3.63, 3.8) is 0 Å². The van der Waals surface area contributed by atoms with Gasteiger partial charge in [0.15, 0.2) is 0 Å². The van der Waals surface area contributed by atoms with E-state index in [2.05, 4.69) is 4.99 Å². The van der Waals surface area contributed by atoms with Crippen LogP contribution in [0.1, 0.15) is 19.8 Å². The van der Waals surface area contributed by atoms with E-state index in [0.29, 0.717) is 5.84 Å². The van der Waals surface area contributed by atoms with E-state index in [1.807, 2.05) is 0 Å². The lowest BCUT2D eigenvalue weighted by Crippen LogP contribution is -2.39. The summed E-state index contributed by atoms with van der Waals surface area (Å²) in [5.74, 6) is -2.09. The molecular weight excluding hydrogens is 138 g/mol. The molecule has 0 aromatic carbocycles. The van der Waals surface area contributed by atoms with Gasteiger partial charge in [0, 0.05) is 12.8 Å². The first kappa shape index (κ1) is 7.44. The Morgan fingerprint density at radius 3 is 2.40 bits per heavy atom. The van der Waals surface area contributed by atoms with Gasteiger partial charge in [-0.3, -0.25) is 4.99 Å². The SMILES string of the molecule is CC(N)=NC1CC(F)(F)C1. The zero-order valence-corrected chi connectivity index (χ0v) is 5.77. The molecule has 58 valence electrons. The van der Waals surface area contributed by atoms with Gasteiger partial charge in [-0.2, -0.15) is 0 Å². The van der Waals surface area contributed by atoms with E-state index >= 15 is 0 Å². The molecule has 0 amide bonds. The number of nitrogens with two attached hydrogens (primary N) is 1. The summed E-state index contributed by atoms with van der Waals surface area (Å²) in [6.45, 7) is 1.61. The molecule has 2 nitrogen and oxygen atoms in total. The molecule has 1 fully saturated rings. The summed E-state index contributed by atoms with van der Waals surface area (Å²) < 4.78 is 24.3. The summed E-state index contributed by atoms with van der Waals surface area (Å²) in [5.41, 5.74) is 5.20. The van der Waals surface area contributed by atoms with Crippen LogP contribution in [-0.4, -0.2) is 17.8 Å². The Labute approximate surface area is 58.1 Å². The average Bonchev–Trinajstić information content (AvgIpc) is 1.57. The minimum Gasteiger partial charge on any atom is -0.388 e. The van der Waals surface area contributed by atoms with Gasteiger partial charge in [-0.25, -0.2) is 8.78 Å². The second kappa shape index (κ2) is 2.18. The van der Waals surface area contributed by atoms with Crippen LogP contribution >= 0.6 is 0 Å². The van der Waals surface area contributed by atoms with Gasteiger partial charge in [-0.15, -0.1) is 0 Å². The lowest BCUT2D eigenvalue weighted by atomic mass is 9.89. The lowest BCUT2D eigenvalue weighted by molar-refractivity contribution is -0.0834. The van der Waals surface area contributed by atoms with Crippen LogP contribution in [0.25, 0.3) is 0 Å². The summed E-state index contributed by atoms with van der Waals surface area (Å²) in [6, 6.07) is -0.236. The fraction of sp³-hybridized carbons (Fsp3) is 0.833. The molecule has 1 saturated carbocycles. The Hall–Kier alpha value is -0.670. The van der Waals surface area contributed by atoms with Crippen LogP contribution in [0.2, 0.25) is 0 Å². The van der Waals surface area contributed by atoms with Crippen molar-refractivity contribution < 1.29 is 8.78 Å². The van der Waals surface area contributed by atoms with Crippen LogP contribution in [0.4, 0.5) is 8.78 Å². The van der Waals surface area contributed by atoms with Gasteiger partial charge in [-0.1, -0.05) is 0 Å². The van der Waals surface area contributed by atoms with Crippen molar-refractivity contribution >= 4 is 5.84 Å². The highest BCUT2D eigenvalue weighted by Gasteiger charge is 2.45. The Morgan fingerprint density at radius 1 is 1.60 bits per heavy atom. The topological polar surface area (TPSA) is 38.4 Å². The molecule has 0 atom stereocenters. The molecule has 4 heteroatoms. The summed E-state index contributed by atoms with van der Waals surface area (Å²) in [7, 11) is 0. The highest BCUT2D eigenvalue weighted by molar-refractivity contribution is 5.77. The van der Waals surface area contributed by atoms with Gasteiger partial charge in [0.05, 0.1) is 11.9 Å². The number of alkyl halides is 2. The molecular formula is C6H10F2N2. The van der Waals surface area contributed by atoms with E-state index in [1.165, 1.54) is 0 Å². The van der Waals surface area contributed by atoms with Crippen LogP contribution < -0.4 is 5.73 Å². The maximum absolute atomic E-state index is 12.1. The van der Waals surface area contributed by atoms with Crippen molar-refractivity contribution in [2.24, 2.45) is 10.7 Å². The molecule has 0 saturated heterocycles. The standard InChI is InChI=1S/C6H10F2N2/c1-4(9)10-5-2-6(7,8)3-5/h5H,2-3H2,1H3,(H2,9,10). The summed E-state index contributed by atoms with van der Waals surface area (Å²) >= 11 is 0. The molecule has 0 bridgehead atoms. The Morgan fingerprint density at radius 2 is 2.10 bits per heavy atom. The van der Waals surface area contributed by atoms with Crippen molar-refractivity contribution in [2.45, 2.75) is 31.7 Å². The molecule has 2 N–H and O–H groups in total. The van der Waals surface area contributed by atoms with Crippen LogP contribution in [0.15, 0.2) is 4.99 Å². The Bertz CT molecular complexity index is 153. The maximum atomic E-state index is 12.1. The normalized spacial score (nSPS) is 26.1. The first-order valence-corrected chi connectivity index (χ1v) is 3.17. The Kier molecular flexibility index (Phi) is 1.62. The van der Waals surface area contributed by atoms with Gasteiger partial charge in [0.25, 0.3) is 5.92 Å². The maximum Gasteiger partial charge on any atom is 0.252 e. The van der Waals surface area contributed by atoms with Crippen molar-refractivity contribution in [3.05, 3.63) is 0 Å². The fourth-order valence-electron chi connectivity index (χ4n) is 1.01. The first-order chi connectivity index (χ1) is 4.49. The molecule has 0 spiro atoms. The van der Waals surface area contributed by atoms with Crippen molar-refractivity contribution in [1.82, 2.24) is 0 Å². The highest BCUT2D eigenvalue weighted by atomic mass is 19.3. The van der Waals surface area contributed by atoms with Crippen molar-refractivity contribution in [3.8, 4) is 0 Å². The van der Waals surface area contributed by atoms with E-state index in [4.69, 9.17) is 5.73 Å². The summed E-state index contributed by atoms with van der Waals surface area (Å²) in [4.78, 5) is 3.79. The molecule has 0 unspecified atom stereocenters. The molecule has 0 aromatic rings. The summed E-state index contributed by atoms with van der Waals surface area (Å²) in [6.07, 6.45) is -0.275. The molecule has 1 aliphatic rings. The van der Waals surface area contributed by atoms with Gasteiger partial charge in [0.2, 0.25) is 0 Å². The van der Waals surface area contributed by atoms with E-state index in [9.17, 15) is 8.78 Å². The summed E-state index contributed by atoms with van der Waals surface area (Å²) in [5, 5.41) is 0. The predicted molar refractivity (Wildman–Crippen MR) is 35.3 cm³/mol. The Balaban J connectivity index is 2.34. The van der Waals surface area contributed by atoms with Crippen LogP contribution in [0.3, 0.4) is 0 Å².